The maximum Gasteiger partial charge on any atom is 0.0686 e. The molecule has 0 aliphatic carbocycles. The minimum atomic E-state index is 0.0194. The molecule has 24 heavy (non-hydrogen) atoms. The number of halogens is 1. The van der Waals surface area contributed by atoms with Gasteiger partial charge in [-0.05, 0) is 29.2 Å². The fourth-order valence-electron chi connectivity index (χ4n) is 2.85. The van der Waals surface area contributed by atoms with Gasteiger partial charge in [0.2, 0.25) is 0 Å². The van der Waals surface area contributed by atoms with Crippen molar-refractivity contribution in [1.82, 2.24) is 5.32 Å². The standard InChI is InChI=1S/C21H21ClN2/c22-20-18(12-7-13-19(20)23)21(17-10-5-2-6-11-17)24-15-14-16-8-3-1-4-9-16/h1-13,21,24H,14-15,23H2. The Morgan fingerprint density at radius 2 is 1.50 bits per heavy atom. The average Bonchev–Trinajstić information content (AvgIpc) is 2.63. The second-order valence-electron chi connectivity index (χ2n) is 5.78. The first-order valence-corrected chi connectivity index (χ1v) is 8.49. The summed E-state index contributed by atoms with van der Waals surface area (Å²) >= 11 is 6.47. The van der Waals surface area contributed by atoms with Crippen LogP contribution >= 0.6 is 11.6 Å². The third-order valence-electron chi connectivity index (χ3n) is 4.11. The van der Waals surface area contributed by atoms with E-state index >= 15 is 0 Å². The Kier molecular flexibility index (Phi) is 5.52. The van der Waals surface area contributed by atoms with Gasteiger partial charge in [-0.3, -0.25) is 0 Å². The quantitative estimate of drug-likeness (QED) is 0.632. The van der Waals surface area contributed by atoms with Crippen molar-refractivity contribution >= 4 is 17.3 Å². The molecule has 0 aromatic heterocycles. The second kappa shape index (κ2) is 8.00. The Morgan fingerprint density at radius 3 is 2.21 bits per heavy atom. The lowest BCUT2D eigenvalue weighted by Gasteiger charge is -2.21. The first-order chi connectivity index (χ1) is 11.8. The molecule has 3 N–H and O–H groups in total. The zero-order chi connectivity index (χ0) is 16.8. The molecule has 0 fully saturated rings. The van der Waals surface area contributed by atoms with Crippen LogP contribution in [0.4, 0.5) is 5.69 Å². The fraction of sp³-hybridized carbons (Fsp3) is 0.143. The minimum absolute atomic E-state index is 0.0194. The van der Waals surface area contributed by atoms with Crippen LogP contribution in [0.1, 0.15) is 22.7 Å². The van der Waals surface area contributed by atoms with Gasteiger partial charge in [0.05, 0.1) is 16.8 Å². The SMILES string of the molecule is Nc1cccc(C(NCCc2ccccc2)c2ccccc2)c1Cl. The molecule has 1 unspecified atom stereocenters. The van der Waals surface area contributed by atoms with Crippen molar-refractivity contribution < 1.29 is 0 Å². The molecule has 0 radical (unpaired) electrons. The van der Waals surface area contributed by atoms with Crippen LogP contribution in [0.25, 0.3) is 0 Å². The maximum atomic E-state index is 6.47. The number of rotatable bonds is 6. The Balaban J connectivity index is 1.82. The molecule has 3 aromatic carbocycles. The molecule has 0 aliphatic rings. The van der Waals surface area contributed by atoms with Gasteiger partial charge in [-0.15, -0.1) is 0 Å². The summed E-state index contributed by atoms with van der Waals surface area (Å²) in [6.45, 7) is 0.856. The highest BCUT2D eigenvalue weighted by atomic mass is 35.5. The van der Waals surface area contributed by atoms with Gasteiger partial charge in [0.15, 0.2) is 0 Å². The van der Waals surface area contributed by atoms with E-state index in [0.29, 0.717) is 10.7 Å². The Bertz CT molecular complexity index is 772. The topological polar surface area (TPSA) is 38.0 Å². The Labute approximate surface area is 148 Å². The highest BCUT2D eigenvalue weighted by Gasteiger charge is 2.17. The molecule has 2 nitrogen and oxygen atoms in total. The lowest BCUT2D eigenvalue weighted by molar-refractivity contribution is 0.606. The van der Waals surface area contributed by atoms with E-state index in [1.165, 1.54) is 11.1 Å². The first-order valence-electron chi connectivity index (χ1n) is 8.12. The molecule has 0 amide bonds. The third kappa shape index (κ3) is 3.97. The zero-order valence-electron chi connectivity index (χ0n) is 13.5. The number of anilines is 1. The molecule has 3 rings (SSSR count). The van der Waals surface area contributed by atoms with Gasteiger partial charge in [-0.25, -0.2) is 0 Å². The summed E-state index contributed by atoms with van der Waals surface area (Å²) < 4.78 is 0. The highest BCUT2D eigenvalue weighted by Crippen LogP contribution is 2.32. The molecule has 0 heterocycles. The molecule has 0 saturated heterocycles. The summed E-state index contributed by atoms with van der Waals surface area (Å²) in [6, 6.07) is 26.6. The van der Waals surface area contributed by atoms with Gasteiger partial charge in [0, 0.05) is 6.54 Å². The monoisotopic (exact) mass is 336 g/mol. The van der Waals surface area contributed by atoms with Crippen molar-refractivity contribution in [2.45, 2.75) is 12.5 Å². The van der Waals surface area contributed by atoms with Crippen LogP contribution in [-0.4, -0.2) is 6.54 Å². The molecular weight excluding hydrogens is 316 g/mol. The molecule has 0 bridgehead atoms. The van der Waals surface area contributed by atoms with Gasteiger partial charge in [0.1, 0.15) is 0 Å². The van der Waals surface area contributed by atoms with E-state index in [0.717, 1.165) is 18.5 Å². The summed E-state index contributed by atoms with van der Waals surface area (Å²) in [6.07, 6.45) is 0.962. The van der Waals surface area contributed by atoms with E-state index in [1.807, 2.05) is 42.5 Å². The normalized spacial score (nSPS) is 12.0. The molecule has 3 aromatic rings. The third-order valence-corrected chi connectivity index (χ3v) is 4.54. The maximum absolute atomic E-state index is 6.47. The van der Waals surface area contributed by atoms with Crippen LogP contribution < -0.4 is 11.1 Å². The summed E-state index contributed by atoms with van der Waals surface area (Å²) in [4.78, 5) is 0. The number of nitrogens with one attached hydrogen (secondary N) is 1. The van der Waals surface area contributed by atoms with Crippen LogP contribution in [0.5, 0.6) is 0 Å². The summed E-state index contributed by atoms with van der Waals surface area (Å²) in [7, 11) is 0. The van der Waals surface area contributed by atoms with E-state index in [9.17, 15) is 0 Å². The van der Waals surface area contributed by atoms with Crippen LogP contribution in [0.3, 0.4) is 0 Å². The summed E-state index contributed by atoms with van der Waals surface area (Å²) in [5, 5.41) is 4.25. The molecule has 0 saturated carbocycles. The molecule has 122 valence electrons. The van der Waals surface area contributed by atoms with Crippen LogP contribution in [-0.2, 0) is 6.42 Å². The van der Waals surface area contributed by atoms with E-state index < -0.39 is 0 Å². The van der Waals surface area contributed by atoms with E-state index in [1.54, 1.807) is 0 Å². The van der Waals surface area contributed by atoms with Crippen molar-refractivity contribution in [3.05, 3.63) is 101 Å². The lowest BCUT2D eigenvalue weighted by Crippen LogP contribution is -2.25. The minimum Gasteiger partial charge on any atom is -0.398 e. The summed E-state index contributed by atoms with van der Waals surface area (Å²) in [5.41, 5.74) is 10.1. The smallest absolute Gasteiger partial charge is 0.0686 e. The molecule has 0 aliphatic heterocycles. The zero-order valence-corrected chi connectivity index (χ0v) is 14.2. The van der Waals surface area contributed by atoms with Gasteiger partial charge >= 0.3 is 0 Å². The van der Waals surface area contributed by atoms with Crippen LogP contribution in [0, 0.1) is 0 Å². The van der Waals surface area contributed by atoms with Crippen molar-refractivity contribution in [1.29, 1.82) is 0 Å². The van der Waals surface area contributed by atoms with E-state index in [4.69, 9.17) is 17.3 Å². The van der Waals surface area contributed by atoms with Gasteiger partial charge in [-0.1, -0.05) is 84.4 Å². The van der Waals surface area contributed by atoms with Crippen LogP contribution in [0.15, 0.2) is 78.9 Å². The molecule has 1 atom stereocenters. The number of hydrogen-bond acceptors (Lipinski definition) is 2. The highest BCUT2D eigenvalue weighted by molar-refractivity contribution is 6.33. The van der Waals surface area contributed by atoms with Crippen molar-refractivity contribution in [3.63, 3.8) is 0 Å². The van der Waals surface area contributed by atoms with Crippen molar-refractivity contribution in [2.24, 2.45) is 0 Å². The molecule has 0 spiro atoms. The Hall–Kier alpha value is -2.29. The fourth-order valence-corrected chi connectivity index (χ4v) is 3.08. The van der Waals surface area contributed by atoms with Crippen molar-refractivity contribution in [3.8, 4) is 0 Å². The largest absolute Gasteiger partial charge is 0.398 e. The van der Waals surface area contributed by atoms with Crippen molar-refractivity contribution in [2.75, 3.05) is 12.3 Å². The molecular formula is C21H21ClN2. The number of hydrogen-bond donors (Lipinski definition) is 2. The first kappa shape index (κ1) is 16.6. The van der Waals surface area contributed by atoms with Crippen LogP contribution in [0.2, 0.25) is 5.02 Å². The second-order valence-corrected chi connectivity index (χ2v) is 6.16. The Morgan fingerprint density at radius 1 is 0.833 bits per heavy atom. The lowest BCUT2D eigenvalue weighted by atomic mass is 9.97. The van der Waals surface area contributed by atoms with Gasteiger partial charge in [0.25, 0.3) is 0 Å². The number of nitrogens with two attached hydrogens (primary N) is 1. The average molecular weight is 337 g/mol. The predicted octanol–water partition coefficient (Wildman–Crippen LogP) is 4.84. The van der Waals surface area contributed by atoms with E-state index in [2.05, 4.69) is 41.7 Å². The predicted molar refractivity (Wildman–Crippen MR) is 102 cm³/mol. The molecule has 3 heteroatoms. The number of nitrogen functional groups attached to an aromatic ring is 1. The van der Waals surface area contributed by atoms with Gasteiger partial charge < -0.3 is 11.1 Å². The summed E-state index contributed by atoms with van der Waals surface area (Å²) in [5.74, 6) is 0. The van der Waals surface area contributed by atoms with Gasteiger partial charge in [-0.2, -0.15) is 0 Å². The number of benzene rings is 3. The van der Waals surface area contributed by atoms with E-state index in [-0.39, 0.29) is 6.04 Å².